The number of benzene rings is 1. The molecule has 1 rings (SSSR count). The Balaban J connectivity index is 2.83. The van der Waals surface area contributed by atoms with Gasteiger partial charge in [0.1, 0.15) is 0 Å². The smallest absolute Gasteiger partial charge is 0.321 e. The fourth-order valence-electron chi connectivity index (χ4n) is 0.985. The molecular weight excluding hydrogens is 194 g/mol. The standard InChI is InChI=1S/C10H13N3O2/c1-13(2)10(15)12-8-5-3-4-7(6-8)9(11)14/h3-6H,1-2H3,(H2,11,14)(H,12,15). The van der Waals surface area contributed by atoms with E-state index in [2.05, 4.69) is 5.32 Å². The first kappa shape index (κ1) is 11.0. The SMILES string of the molecule is CN(C)C(=O)Nc1cccc(C(N)=O)c1. The first-order valence-electron chi connectivity index (χ1n) is 4.39. The first-order valence-corrected chi connectivity index (χ1v) is 4.39. The van der Waals surface area contributed by atoms with Gasteiger partial charge in [0, 0.05) is 25.3 Å². The number of anilines is 1. The quantitative estimate of drug-likeness (QED) is 0.755. The summed E-state index contributed by atoms with van der Waals surface area (Å²) in [6.07, 6.45) is 0. The lowest BCUT2D eigenvalue weighted by atomic mass is 10.2. The summed E-state index contributed by atoms with van der Waals surface area (Å²) in [5.74, 6) is -0.518. The number of hydrogen-bond acceptors (Lipinski definition) is 2. The Labute approximate surface area is 87.9 Å². The highest BCUT2D eigenvalue weighted by atomic mass is 16.2. The fraction of sp³-hybridized carbons (Fsp3) is 0.200. The van der Waals surface area contributed by atoms with Crippen LogP contribution >= 0.6 is 0 Å². The zero-order chi connectivity index (χ0) is 11.4. The van der Waals surface area contributed by atoms with Gasteiger partial charge in [0.2, 0.25) is 5.91 Å². The Hall–Kier alpha value is -2.04. The minimum Gasteiger partial charge on any atom is -0.366 e. The van der Waals surface area contributed by atoms with Gasteiger partial charge < -0.3 is 16.0 Å². The third-order valence-electron chi connectivity index (χ3n) is 1.80. The van der Waals surface area contributed by atoms with Crippen LogP contribution in [0.5, 0.6) is 0 Å². The number of amides is 3. The van der Waals surface area contributed by atoms with Gasteiger partial charge in [0.15, 0.2) is 0 Å². The molecule has 0 aliphatic rings. The molecule has 0 aromatic heterocycles. The number of carbonyl (C=O) groups is 2. The molecule has 0 radical (unpaired) electrons. The van der Waals surface area contributed by atoms with Crippen molar-refractivity contribution in [3.05, 3.63) is 29.8 Å². The average molecular weight is 207 g/mol. The van der Waals surface area contributed by atoms with Crippen molar-refractivity contribution < 1.29 is 9.59 Å². The summed E-state index contributed by atoms with van der Waals surface area (Å²) in [6.45, 7) is 0. The van der Waals surface area contributed by atoms with E-state index in [4.69, 9.17) is 5.73 Å². The number of primary amides is 1. The summed E-state index contributed by atoms with van der Waals surface area (Å²) in [5.41, 5.74) is 6.02. The second-order valence-corrected chi connectivity index (χ2v) is 3.27. The van der Waals surface area contributed by atoms with Crippen LogP contribution in [0.4, 0.5) is 10.5 Å². The van der Waals surface area contributed by atoms with Gasteiger partial charge in [-0.1, -0.05) is 6.07 Å². The molecule has 1 aromatic carbocycles. The minimum atomic E-state index is -0.518. The summed E-state index contributed by atoms with van der Waals surface area (Å²) in [4.78, 5) is 23.6. The largest absolute Gasteiger partial charge is 0.366 e. The molecule has 0 aliphatic heterocycles. The van der Waals surface area contributed by atoms with E-state index in [-0.39, 0.29) is 6.03 Å². The number of urea groups is 1. The average Bonchev–Trinajstić information content (AvgIpc) is 2.18. The Bertz CT molecular complexity index is 388. The van der Waals surface area contributed by atoms with Crippen molar-refractivity contribution in [1.29, 1.82) is 0 Å². The Morgan fingerprint density at radius 3 is 2.53 bits per heavy atom. The van der Waals surface area contributed by atoms with Gasteiger partial charge in [-0.05, 0) is 18.2 Å². The van der Waals surface area contributed by atoms with E-state index in [9.17, 15) is 9.59 Å². The minimum absolute atomic E-state index is 0.253. The molecule has 0 saturated heterocycles. The highest BCUT2D eigenvalue weighted by Crippen LogP contribution is 2.10. The third-order valence-corrected chi connectivity index (χ3v) is 1.80. The van der Waals surface area contributed by atoms with Crippen molar-refractivity contribution in [2.24, 2.45) is 5.73 Å². The molecule has 0 aliphatic carbocycles. The zero-order valence-electron chi connectivity index (χ0n) is 8.65. The maximum Gasteiger partial charge on any atom is 0.321 e. The number of hydrogen-bond donors (Lipinski definition) is 2. The predicted molar refractivity (Wildman–Crippen MR) is 57.7 cm³/mol. The van der Waals surface area contributed by atoms with Crippen LogP contribution in [-0.4, -0.2) is 30.9 Å². The molecule has 0 saturated carbocycles. The van der Waals surface area contributed by atoms with Crippen LogP contribution in [0.1, 0.15) is 10.4 Å². The van der Waals surface area contributed by atoms with Crippen molar-refractivity contribution in [3.63, 3.8) is 0 Å². The molecule has 3 amide bonds. The number of carbonyl (C=O) groups excluding carboxylic acids is 2. The fourth-order valence-corrected chi connectivity index (χ4v) is 0.985. The topological polar surface area (TPSA) is 75.4 Å². The summed E-state index contributed by atoms with van der Waals surface area (Å²) >= 11 is 0. The van der Waals surface area contributed by atoms with Crippen LogP contribution in [0.3, 0.4) is 0 Å². The monoisotopic (exact) mass is 207 g/mol. The molecule has 15 heavy (non-hydrogen) atoms. The van der Waals surface area contributed by atoms with E-state index in [0.717, 1.165) is 0 Å². The Morgan fingerprint density at radius 2 is 2.00 bits per heavy atom. The summed E-state index contributed by atoms with van der Waals surface area (Å²) in [6, 6.07) is 6.22. The van der Waals surface area contributed by atoms with Gasteiger partial charge in [-0.3, -0.25) is 4.79 Å². The second-order valence-electron chi connectivity index (χ2n) is 3.27. The van der Waals surface area contributed by atoms with Crippen LogP contribution in [0, 0.1) is 0 Å². The predicted octanol–water partition coefficient (Wildman–Crippen LogP) is 0.879. The molecule has 0 bridgehead atoms. The van der Waals surface area contributed by atoms with Gasteiger partial charge in [-0.15, -0.1) is 0 Å². The summed E-state index contributed by atoms with van der Waals surface area (Å²) in [7, 11) is 3.26. The molecule has 80 valence electrons. The van der Waals surface area contributed by atoms with E-state index in [0.29, 0.717) is 11.3 Å². The Morgan fingerprint density at radius 1 is 1.33 bits per heavy atom. The number of nitrogens with two attached hydrogens (primary N) is 1. The van der Waals surface area contributed by atoms with Gasteiger partial charge >= 0.3 is 6.03 Å². The maximum atomic E-state index is 11.3. The molecule has 5 nitrogen and oxygen atoms in total. The molecule has 5 heteroatoms. The molecule has 0 fully saturated rings. The Kier molecular flexibility index (Phi) is 3.28. The lowest BCUT2D eigenvalue weighted by Crippen LogP contribution is -2.27. The highest BCUT2D eigenvalue weighted by molar-refractivity contribution is 5.95. The van der Waals surface area contributed by atoms with Gasteiger partial charge in [-0.25, -0.2) is 4.79 Å². The lowest BCUT2D eigenvalue weighted by Gasteiger charge is -2.12. The molecular formula is C10H13N3O2. The van der Waals surface area contributed by atoms with Crippen molar-refractivity contribution in [1.82, 2.24) is 4.90 Å². The highest BCUT2D eigenvalue weighted by Gasteiger charge is 2.05. The van der Waals surface area contributed by atoms with Crippen LogP contribution < -0.4 is 11.1 Å². The van der Waals surface area contributed by atoms with E-state index in [1.54, 1.807) is 32.3 Å². The van der Waals surface area contributed by atoms with Crippen LogP contribution in [-0.2, 0) is 0 Å². The molecule has 0 unspecified atom stereocenters. The number of nitrogens with zero attached hydrogens (tertiary/aromatic N) is 1. The number of nitrogens with one attached hydrogen (secondary N) is 1. The van der Waals surface area contributed by atoms with Crippen LogP contribution in [0.2, 0.25) is 0 Å². The van der Waals surface area contributed by atoms with E-state index in [1.165, 1.54) is 11.0 Å². The molecule has 3 N–H and O–H groups in total. The third kappa shape index (κ3) is 2.98. The van der Waals surface area contributed by atoms with Crippen LogP contribution in [0.15, 0.2) is 24.3 Å². The van der Waals surface area contributed by atoms with E-state index in [1.807, 2.05) is 0 Å². The molecule has 0 spiro atoms. The van der Waals surface area contributed by atoms with Crippen LogP contribution in [0.25, 0.3) is 0 Å². The van der Waals surface area contributed by atoms with Crippen molar-refractivity contribution in [3.8, 4) is 0 Å². The van der Waals surface area contributed by atoms with Crippen molar-refractivity contribution in [2.45, 2.75) is 0 Å². The number of rotatable bonds is 2. The van der Waals surface area contributed by atoms with Gasteiger partial charge in [-0.2, -0.15) is 0 Å². The summed E-state index contributed by atoms with van der Waals surface area (Å²) < 4.78 is 0. The van der Waals surface area contributed by atoms with E-state index >= 15 is 0 Å². The summed E-state index contributed by atoms with van der Waals surface area (Å²) in [5, 5.41) is 2.62. The normalized spacial score (nSPS) is 9.47. The second kappa shape index (κ2) is 4.45. The molecule has 0 atom stereocenters. The van der Waals surface area contributed by atoms with Crippen molar-refractivity contribution >= 4 is 17.6 Å². The lowest BCUT2D eigenvalue weighted by molar-refractivity contribution is 0.100. The van der Waals surface area contributed by atoms with E-state index < -0.39 is 5.91 Å². The van der Waals surface area contributed by atoms with Gasteiger partial charge in [0.25, 0.3) is 0 Å². The molecule has 1 aromatic rings. The zero-order valence-corrected chi connectivity index (χ0v) is 8.65. The van der Waals surface area contributed by atoms with Gasteiger partial charge in [0.05, 0.1) is 0 Å². The molecule has 0 heterocycles. The first-order chi connectivity index (χ1) is 7.00. The van der Waals surface area contributed by atoms with Crippen molar-refractivity contribution in [2.75, 3.05) is 19.4 Å². The maximum absolute atomic E-state index is 11.3.